The van der Waals surface area contributed by atoms with Crippen molar-refractivity contribution >= 4 is 11.9 Å². The number of hydrogen-bond acceptors (Lipinski definition) is 2. The molecule has 0 unspecified atom stereocenters. The average molecular weight is 148 g/mol. The zero-order chi connectivity index (χ0) is 8.10. The molecule has 2 heteroatoms. The van der Waals surface area contributed by atoms with E-state index in [1.54, 1.807) is 6.20 Å². The van der Waals surface area contributed by atoms with E-state index in [4.69, 9.17) is 0 Å². The van der Waals surface area contributed by atoms with Crippen molar-refractivity contribution in [3.05, 3.63) is 24.0 Å². The van der Waals surface area contributed by atoms with Gasteiger partial charge in [-0.15, -0.1) is 0 Å². The number of hydrogen-bond donors (Lipinski definition) is 0. The third kappa shape index (κ3) is 2.15. The number of nitrogens with zero attached hydrogens (tertiary/aromatic N) is 2. The summed E-state index contributed by atoms with van der Waals surface area (Å²) in [6, 6.07) is 1.92. The van der Waals surface area contributed by atoms with Crippen molar-refractivity contribution in [1.29, 1.82) is 0 Å². The molecule has 0 aliphatic heterocycles. The highest BCUT2D eigenvalue weighted by Gasteiger charge is 1.90. The van der Waals surface area contributed by atoms with E-state index in [1.165, 1.54) is 0 Å². The Morgan fingerprint density at radius 2 is 2.45 bits per heavy atom. The number of aryl methyl sites for hydroxylation is 1. The van der Waals surface area contributed by atoms with Gasteiger partial charge in [0.2, 0.25) is 0 Å². The van der Waals surface area contributed by atoms with Gasteiger partial charge in [0.25, 0.3) is 0 Å². The van der Waals surface area contributed by atoms with Crippen molar-refractivity contribution in [2.75, 3.05) is 0 Å². The summed E-state index contributed by atoms with van der Waals surface area (Å²) in [5.41, 5.74) is 2.14. The first-order valence-corrected chi connectivity index (χ1v) is 3.77. The Balaban J connectivity index is 2.86. The van der Waals surface area contributed by atoms with Crippen LogP contribution in [0.4, 0.5) is 5.69 Å². The van der Waals surface area contributed by atoms with E-state index in [9.17, 15) is 0 Å². The first-order valence-electron chi connectivity index (χ1n) is 3.77. The van der Waals surface area contributed by atoms with E-state index in [0.29, 0.717) is 0 Å². The minimum Gasteiger partial charge on any atom is -0.264 e. The van der Waals surface area contributed by atoms with Crippen LogP contribution in [0.25, 0.3) is 0 Å². The van der Waals surface area contributed by atoms with Crippen LogP contribution in [0, 0.1) is 6.92 Å². The highest BCUT2D eigenvalue weighted by molar-refractivity contribution is 5.63. The second-order valence-corrected chi connectivity index (χ2v) is 2.38. The second-order valence-electron chi connectivity index (χ2n) is 2.38. The average Bonchev–Trinajstić information content (AvgIpc) is 2.03. The molecule has 0 saturated heterocycles. The van der Waals surface area contributed by atoms with Gasteiger partial charge < -0.3 is 0 Å². The monoisotopic (exact) mass is 148 g/mol. The lowest BCUT2D eigenvalue weighted by molar-refractivity contribution is 1.24. The van der Waals surface area contributed by atoms with Crippen LogP contribution in [0.3, 0.4) is 0 Å². The number of rotatable bonds is 2. The molecule has 2 nitrogen and oxygen atoms in total. The minimum absolute atomic E-state index is 0.974. The van der Waals surface area contributed by atoms with E-state index in [1.807, 2.05) is 25.4 Å². The molecule has 0 fully saturated rings. The maximum atomic E-state index is 4.26. The molecular weight excluding hydrogens is 136 g/mol. The van der Waals surface area contributed by atoms with Crippen molar-refractivity contribution in [3.8, 4) is 0 Å². The normalized spacial score (nSPS) is 10.7. The molecule has 0 bridgehead atoms. The zero-order valence-electron chi connectivity index (χ0n) is 6.91. The molecule has 0 atom stereocenters. The fourth-order valence-electron chi connectivity index (χ4n) is 0.801. The molecule has 0 aliphatic rings. The lowest BCUT2D eigenvalue weighted by Gasteiger charge is -1.95. The summed E-state index contributed by atoms with van der Waals surface area (Å²) in [4.78, 5) is 8.24. The molecule has 1 heterocycles. The van der Waals surface area contributed by atoms with Crippen LogP contribution in [-0.4, -0.2) is 11.2 Å². The second kappa shape index (κ2) is 3.86. The van der Waals surface area contributed by atoms with Gasteiger partial charge in [0.05, 0.1) is 5.69 Å². The van der Waals surface area contributed by atoms with Crippen molar-refractivity contribution in [2.45, 2.75) is 20.3 Å². The van der Waals surface area contributed by atoms with Gasteiger partial charge in [-0.3, -0.25) is 9.98 Å². The van der Waals surface area contributed by atoms with Gasteiger partial charge in [-0.2, -0.15) is 0 Å². The Labute approximate surface area is 67.0 Å². The molecule has 0 saturated carbocycles. The van der Waals surface area contributed by atoms with Crippen LogP contribution in [0.2, 0.25) is 0 Å². The van der Waals surface area contributed by atoms with Gasteiger partial charge in [0, 0.05) is 18.6 Å². The zero-order valence-corrected chi connectivity index (χ0v) is 6.91. The van der Waals surface area contributed by atoms with Gasteiger partial charge in [-0.1, -0.05) is 6.92 Å². The molecule has 1 rings (SSSR count). The van der Waals surface area contributed by atoms with E-state index < -0.39 is 0 Å². The Kier molecular flexibility index (Phi) is 2.78. The van der Waals surface area contributed by atoms with E-state index >= 15 is 0 Å². The van der Waals surface area contributed by atoms with Gasteiger partial charge >= 0.3 is 0 Å². The quantitative estimate of drug-likeness (QED) is 0.591. The van der Waals surface area contributed by atoms with Crippen LogP contribution in [0.5, 0.6) is 0 Å². The number of pyridine rings is 1. The van der Waals surface area contributed by atoms with E-state index in [0.717, 1.165) is 17.7 Å². The van der Waals surface area contributed by atoms with Crippen molar-refractivity contribution in [3.63, 3.8) is 0 Å². The van der Waals surface area contributed by atoms with E-state index in [2.05, 4.69) is 16.9 Å². The summed E-state index contributed by atoms with van der Waals surface area (Å²) >= 11 is 0. The van der Waals surface area contributed by atoms with Crippen LogP contribution in [0.15, 0.2) is 23.5 Å². The third-order valence-corrected chi connectivity index (χ3v) is 1.40. The maximum Gasteiger partial charge on any atom is 0.0685 e. The topological polar surface area (TPSA) is 25.2 Å². The summed E-state index contributed by atoms with van der Waals surface area (Å²) in [6.07, 6.45) is 6.46. The van der Waals surface area contributed by atoms with Crippen molar-refractivity contribution in [2.24, 2.45) is 4.99 Å². The molecule has 1 aromatic rings. The molecule has 11 heavy (non-hydrogen) atoms. The van der Waals surface area contributed by atoms with Gasteiger partial charge in [0.1, 0.15) is 0 Å². The summed E-state index contributed by atoms with van der Waals surface area (Å²) in [7, 11) is 0. The molecule has 0 N–H and O–H groups in total. The van der Waals surface area contributed by atoms with Crippen molar-refractivity contribution < 1.29 is 0 Å². The summed E-state index contributed by atoms with van der Waals surface area (Å²) in [5.74, 6) is 0. The summed E-state index contributed by atoms with van der Waals surface area (Å²) in [6.45, 7) is 4.08. The van der Waals surface area contributed by atoms with Gasteiger partial charge in [-0.05, 0) is 25.0 Å². The Hall–Kier alpha value is -1.18. The lowest BCUT2D eigenvalue weighted by atomic mass is 10.3. The van der Waals surface area contributed by atoms with Crippen LogP contribution < -0.4 is 0 Å². The molecule has 0 spiro atoms. The smallest absolute Gasteiger partial charge is 0.0685 e. The van der Waals surface area contributed by atoms with Crippen molar-refractivity contribution in [1.82, 2.24) is 4.98 Å². The van der Waals surface area contributed by atoms with Gasteiger partial charge in [0.15, 0.2) is 0 Å². The Bertz CT molecular complexity index is 253. The molecule has 0 aliphatic carbocycles. The molecule has 58 valence electrons. The highest BCUT2D eigenvalue weighted by Crippen LogP contribution is 2.14. The molecular formula is C9H12N2. The Morgan fingerprint density at radius 1 is 1.64 bits per heavy atom. The number of aliphatic imine (C=N–C) groups is 1. The van der Waals surface area contributed by atoms with Gasteiger partial charge in [-0.25, -0.2) is 0 Å². The predicted octanol–water partition coefficient (Wildman–Crippen LogP) is 2.50. The van der Waals surface area contributed by atoms with Crippen LogP contribution in [-0.2, 0) is 0 Å². The standard InChI is InChI=1S/C9H12N2/c1-3-5-11-9-4-6-10-7-8(9)2/h4-7H,3H2,1-2H3. The SMILES string of the molecule is CCC=Nc1ccncc1C. The predicted molar refractivity (Wildman–Crippen MR) is 47.4 cm³/mol. The number of aromatic nitrogens is 1. The lowest BCUT2D eigenvalue weighted by Crippen LogP contribution is -1.76. The highest BCUT2D eigenvalue weighted by atomic mass is 14.7. The summed E-state index contributed by atoms with van der Waals surface area (Å²) < 4.78 is 0. The summed E-state index contributed by atoms with van der Waals surface area (Å²) in [5, 5.41) is 0. The molecule has 0 amide bonds. The fourth-order valence-corrected chi connectivity index (χ4v) is 0.801. The largest absolute Gasteiger partial charge is 0.264 e. The molecule has 0 aromatic carbocycles. The first-order chi connectivity index (χ1) is 5.34. The fraction of sp³-hybridized carbons (Fsp3) is 0.333. The first kappa shape index (κ1) is 7.92. The van der Waals surface area contributed by atoms with Crippen LogP contribution >= 0.6 is 0 Å². The minimum atomic E-state index is 0.974. The molecule has 1 aromatic heterocycles. The third-order valence-electron chi connectivity index (χ3n) is 1.40. The van der Waals surface area contributed by atoms with Crippen LogP contribution in [0.1, 0.15) is 18.9 Å². The molecule has 0 radical (unpaired) electrons. The van der Waals surface area contributed by atoms with E-state index in [-0.39, 0.29) is 0 Å². The maximum absolute atomic E-state index is 4.26. The Morgan fingerprint density at radius 3 is 3.09 bits per heavy atom.